The van der Waals surface area contributed by atoms with Gasteiger partial charge >= 0.3 is 0 Å². The molecule has 0 fully saturated rings. The molecule has 0 radical (unpaired) electrons. The summed E-state index contributed by atoms with van der Waals surface area (Å²) in [5.74, 6) is 1.30. The lowest BCUT2D eigenvalue weighted by Crippen LogP contribution is -2.38. The monoisotopic (exact) mass is 246 g/mol. The third-order valence-electron chi connectivity index (χ3n) is 4.31. The Morgan fingerprint density at radius 1 is 1.06 bits per heavy atom. The van der Waals surface area contributed by atoms with Crippen molar-refractivity contribution in [3.05, 3.63) is 23.5 Å². The molecular formula is C16H26N2. The smallest absolute Gasteiger partial charge is 0.0666 e. The number of hydrogen-bond donors (Lipinski definition) is 0. The Labute approximate surface area is 111 Å². The lowest BCUT2D eigenvalue weighted by molar-refractivity contribution is 0.107. The summed E-state index contributed by atoms with van der Waals surface area (Å²) >= 11 is 0. The fourth-order valence-corrected chi connectivity index (χ4v) is 3.53. The van der Waals surface area contributed by atoms with Crippen LogP contribution in [0.15, 0.2) is 12.3 Å². The second-order valence-electron chi connectivity index (χ2n) is 7.79. The van der Waals surface area contributed by atoms with Crippen LogP contribution in [0.25, 0.3) is 0 Å². The van der Waals surface area contributed by atoms with Crippen molar-refractivity contribution in [2.45, 2.75) is 60.3 Å². The van der Waals surface area contributed by atoms with E-state index in [4.69, 9.17) is 0 Å². The first-order valence-electron chi connectivity index (χ1n) is 7.01. The topological polar surface area (TPSA) is 25.8 Å². The van der Waals surface area contributed by atoms with E-state index < -0.39 is 0 Å². The van der Waals surface area contributed by atoms with Crippen molar-refractivity contribution >= 4 is 0 Å². The van der Waals surface area contributed by atoms with Gasteiger partial charge in [-0.2, -0.15) is 10.2 Å². The normalized spacial score (nSPS) is 24.8. The molecule has 0 aromatic carbocycles. The molecular weight excluding hydrogens is 220 g/mol. The molecule has 0 N–H and O–H groups in total. The fourth-order valence-electron chi connectivity index (χ4n) is 3.53. The molecule has 1 aromatic heterocycles. The van der Waals surface area contributed by atoms with E-state index in [1.807, 2.05) is 6.20 Å². The zero-order chi connectivity index (χ0) is 13.6. The highest BCUT2D eigenvalue weighted by atomic mass is 15.1. The molecule has 1 heterocycles. The Bertz CT molecular complexity index is 423. The summed E-state index contributed by atoms with van der Waals surface area (Å²) in [4.78, 5) is 0. The molecule has 0 saturated heterocycles. The van der Waals surface area contributed by atoms with E-state index in [1.54, 1.807) is 0 Å². The predicted octanol–water partition coefficient (Wildman–Crippen LogP) is 4.21. The largest absolute Gasteiger partial charge is 0.159 e. The van der Waals surface area contributed by atoms with Gasteiger partial charge in [0.25, 0.3) is 0 Å². The molecule has 0 aliphatic heterocycles. The van der Waals surface area contributed by atoms with E-state index in [-0.39, 0.29) is 5.41 Å². The second kappa shape index (κ2) is 4.32. The van der Waals surface area contributed by atoms with Gasteiger partial charge in [0.1, 0.15) is 0 Å². The van der Waals surface area contributed by atoms with Crippen molar-refractivity contribution < 1.29 is 0 Å². The maximum Gasteiger partial charge on any atom is 0.0666 e. The first kappa shape index (κ1) is 13.5. The first-order chi connectivity index (χ1) is 8.21. The van der Waals surface area contributed by atoms with Gasteiger partial charge in [-0.25, -0.2) is 0 Å². The molecule has 2 rings (SSSR count). The fraction of sp³-hybridized carbons (Fsp3) is 0.750. The minimum atomic E-state index is 0.274. The quantitative estimate of drug-likeness (QED) is 0.685. The van der Waals surface area contributed by atoms with Crippen molar-refractivity contribution in [1.29, 1.82) is 0 Å². The van der Waals surface area contributed by atoms with E-state index in [0.717, 1.165) is 6.42 Å². The van der Waals surface area contributed by atoms with E-state index >= 15 is 0 Å². The third kappa shape index (κ3) is 2.43. The van der Waals surface area contributed by atoms with E-state index in [0.29, 0.717) is 17.3 Å². The Balaban J connectivity index is 2.50. The number of nitrogens with zero attached hydrogens (tertiary/aromatic N) is 2. The highest BCUT2D eigenvalue weighted by Crippen LogP contribution is 2.52. The molecule has 0 bridgehead atoms. The van der Waals surface area contributed by atoms with Crippen LogP contribution in [0.2, 0.25) is 0 Å². The van der Waals surface area contributed by atoms with Crippen LogP contribution in [-0.4, -0.2) is 10.2 Å². The van der Waals surface area contributed by atoms with Crippen LogP contribution < -0.4 is 0 Å². The highest BCUT2D eigenvalue weighted by molar-refractivity contribution is 5.29. The predicted molar refractivity (Wildman–Crippen MR) is 75.5 cm³/mol. The SMILES string of the molecule is CC(C)(C)C1CCc2nnccc2C1C(C)(C)C. The molecule has 2 atom stereocenters. The van der Waals surface area contributed by atoms with Gasteiger partial charge in [-0.05, 0) is 47.1 Å². The lowest BCUT2D eigenvalue weighted by atomic mass is 9.58. The van der Waals surface area contributed by atoms with E-state index in [1.165, 1.54) is 17.7 Å². The maximum atomic E-state index is 4.35. The summed E-state index contributed by atoms with van der Waals surface area (Å²) in [5.41, 5.74) is 3.27. The Hall–Kier alpha value is -0.920. The average Bonchev–Trinajstić information content (AvgIpc) is 2.24. The van der Waals surface area contributed by atoms with Crippen LogP contribution in [0.4, 0.5) is 0 Å². The van der Waals surface area contributed by atoms with Crippen LogP contribution in [0.5, 0.6) is 0 Å². The Morgan fingerprint density at radius 3 is 2.28 bits per heavy atom. The zero-order valence-electron chi connectivity index (χ0n) is 12.6. The van der Waals surface area contributed by atoms with Gasteiger partial charge < -0.3 is 0 Å². The molecule has 0 amide bonds. The molecule has 1 aliphatic carbocycles. The van der Waals surface area contributed by atoms with E-state index in [2.05, 4.69) is 57.8 Å². The zero-order valence-corrected chi connectivity index (χ0v) is 12.6. The first-order valence-corrected chi connectivity index (χ1v) is 7.01. The van der Waals surface area contributed by atoms with Crippen molar-refractivity contribution in [3.8, 4) is 0 Å². The van der Waals surface area contributed by atoms with Gasteiger partial charge in [-0.3, -0.25) is 0 Å². The third-order valence-corrected chi connectivity index (χ3v) is 4.31. The summed E-state index contributed by atoms with van der Waals surface area (Å²) in [7, 11) is 0. The summed E-state index contributed by atoms with van der Waals surface area (Å²) in [6, 6.07) is 2.19. The van der Waals surface area contributed by atoms with Crippen LogP contribution in [0.1, 0.15) is 65.1 Å². The minimum Gasteiger partial charge on any atom is -0.159 e. The molecule has 1 aliphatic rings. The Morgan fingerprint density at radius 2 is 1.72 bits per heavy atom. The van der Waals surface area contributed by atoms with Gasteiger partial charge in [0, 0.05) is 6.20 Å². The molecule has 2 nitrogen and oxygen atoms in total. The molecule has 18 heavy (non-hydrogen) atoms. The van der Waals surface area contributed by atoms with Crippen LogP contribution in [-0.2, 0) is 6.42 Å². The van der Waals surface area contributed by atoms with Crippen molar-refractivity contribution in [1.82, 2.24) is 10.2 Å². The number of rotatable bonds is 0. The van der Waals surface area contributed by atoms with Gasteiger partial charge in [-0.1, -0.05) is 41.5 Å². The van der Waals surface area contributed by atoms with Crippen LogP contribution in [0, 0.1) is 16.7 Å². The molecule has 100 valence electrons. The van der Waals surface area contributed by atoms with Crippen molar-refractivity contribution in [3.63, 3.8) is 0 Å². The lowest BCUT2D eigenvalue weighted by Gasteiger charge is -2.47. The summed E-state index contributed by atoms with van der Waals surface area (Å²) in [5, 5.41) is 8.40. The van der Waals surface area contributed by atoms with Gasteiger partial charge in [-0.15, -0.1) is 0 Å². The standard InChI is InChI=1S/C16H26N2/c1-15(2,3)12-7-8-13-11(9-10-17-18-13)14(12)16(4,5)6/h9-10,12,14H,7-8H2,1-6H3. The van der Waals surface area contributed by atoms with E-state index in [9.17, 15) is 0 Å². The average molecular weight is 246 g/mol. The molecule has 0 saturated carbocycles. The molecule has 2 heteroatoms. The summed E-state index contributed by atoms with van der Waals surface area (Å²) < 4.78 is 0. The molecule has 0 spiro atoms. The summed E-state index contributed by atoms with van der Waals surface area (Å²) in [6.07, 6.45) is 4.16. The summed E-state index contributed by atoms with van der Waals surface area (Å²) in [6.45, 7) is 14.2. The number of fused-ring (bicyclic) bond motifs is 1. The number of aryl methyl sites for hydroxylation is 1. The van der Waals surface area contributed by atoms with Gasteiger partial charge in [0.15, 0.2) is 0 Å². The minimum absolute atomic E-state index is 0.274. The van der Waals surface area contributed by atoms with Gasteiger partial charge in [0.2, 0.25) is 0 Å². The molecule has 2 unspecified atom stereocenters. The Kier molecular flexibility index (Phi) is 3.25. The van der Waals surface area contributed by atoms with Crippen LogP contribution >= 0.6 is 0 Å². The number of aromatic nitrogens is 2. The molecule has 1 aromatic rings. The number of hydrogen-bond acceptors (Lipinski definition) is 2. The van der Waals surface area contributed by atoms with Crippen molar-refractivity contribution in [2.24, 2.45) is 16.7 Å². The van der Waals surface area contributed by atoms with Gasteiger partial charge in [0.05, 0.1) is 5.69 Å². The second-order valence-corrected chi connectivity index (χ2v) is 7.79. The van der Waals surface area contributed by atoms with Crippen molar-refractivity contribution in [2.75, 3.05) is 0 Å². The highest BCUT2D eigenvalue weighted by Gasteiger charge is 2.43. The van der Waals surface area contributed by atoms with Crippen LogP contribution in [0.3, 0.4) is 0 Å². The maximum absolute atomic E-state index is 4.35.